The van der Waals surface area contributed by atoms with Crippen molar-refractivity contribution in [2.24, 2.45) is 11.8 Å². The average molecular weight is 250 g/mol. The molecule has 0 amide bonds. The third-order valence-corrected chi connectivity index (χ3v) is 2.84. The van der Waals surface area contributed by atoms with E-state index >= 15 is 0 Å². The summed E-state index contributed by atoms with van der Waals surface area (Å²) in [4.78, 5) is 10.5. The minimum atomic E-state index is 0.115. The molecule has 0 heterocycles. The first-order valence-corrected chi connectivity index (χ1v) is 6.31. The molecule has 0 aliphatic rings. The van der Waals surface area contributed by atoms with Crippen molar-refractivity contribution >= 4 is 6.29 Å². The molecule has 0 unspecified atom stereocenters. The lowest BCUT2D eigenvalue weighted by atomic mass is 9.99. The summed E-state index contributed by atoms with van der Waals surface area (Å²) in [5.41, 5.74) is 1.13. The van der Waals surface area contributed by atoms with Gasteiger partial charge in [-0.1, -0.05) is 26.0 Å². The van der Waals surface area contributed by atoms with Crippen LogP contribution >= 0.6 is 0 Å². The van der Waals surface area contributed by atoms with Gasteiger partial charge in [0.1, 0.15) is 12.0 Å². The zero-order valence-corrected chi connectivity index (χ0v) is 11.4. The van der Waals surface area contributed by atoms with E-state index in [-0.39, 0.29) is 5.92 Å². The molecule has 0 fully saturated rings. The standard InChI is InChI=1S/C15H22O3/c1-12(9-16)8-13(2)10-18-11-14-4-6-15(17-3)7-5-14/h4-7,9,12-13H,8,10-11H2,1-3H3/t12-,13+/m1/s1. The first-order valence-electron chi connectivity index (χ1n) is 6.31. The molecule has 0 aliphatic carbocycles. The molecule has 1 rings (SSSR count). The Labute approximate surface area is 109 Å². The van der Waals surface area contributed by atoms with E-state index in [2.05, 4.69) is 6.92 Å². The van der Waals surface area contributed by atoms with Crippen LogP contribution in [0.1, 0.15) is 25.8 Å². The quantitative estimate of drug-likeness (QED) is 0.665. The largest absolute Gasteiger partial charge is 0.497 e. The van der Waals surface area contributed by atoms with Crippen LogP contribution < -0.4 is 4.74 Å². The Bertz CT molecular complexity index is 345. The smallest absolute Gasteiger partial charge is 0.122 e. The summed E-state index contributed by atoms with van der Waals surface area (Å²) in [6.07, 6.45) is 1.88. The average Bonchev–Trinajstić information content (AvgIpc) is 2.39. The first kappa shape index (κ1) is 14.7. The maximum absolute atomic E-state index is 10.5. The predicted octanol–water partition coefficient (Wildman–Crippen LogP) is 3.07. The number of ether oxygens (including phenoxy) is 2. The number of aldehydes is 1. The predicted molar refractivity (Wildman–Crippen MR) is 71.7 cm³/mol. The van der Waals surface area contributed by atoms with Crippen LogP contribution in [0.25, 0.3) is 0 Å². The number of hydrogen-bond donors (Lipinski definition) is 0. The molecule has 1 aromatic rings. The van der Waals surface area contributed by atoms with Gasteiger partial charge in [-0.15, -0.1) is 0 Å². The van der Waals surface area contributed by atoms with Gasteiger partial charge in [-0.3, -0.25) is 0 Å². The van der Waals surface area contributed by atoms with Crippen LogP contribution in [-0.2, 0) is 16.1 Å². The Balaban J connectivity index is 2.26. The minimum absolute atomic E-state index is 0.115. The van der Waals surface area contributed by atoms with Gasteiger partial charge in [0.25, 0.3) is 0 Å². The monoisotopic (exact) mass is 250 g/mol. The van der Waals surface area contributed by atoms with Crippen LogP contribution in [0, 0.1) is 11.8 Å². The van der Waals surface area contributed by atoms with Crippen molar-refractivity contribution in [2.45, 2.75) is 26.9 Å². The number of carbonyl (C=O) groups is 1. The van der Waals surface area contributed by atoms with Crippen LogP contribution in [0.3, 0.4) is 0 Å². The molecule has 0 radical (unpaired) electrons. The Kier molecular flexibility index (Phi) is 6.44. The summed E-state index contributed by atoms with van der Waals surface area (Å²) in [6, 6.07) is 7.85. The molecule has 18 heavy (non-hydrogen) atoms. The van der Waals surface area contributed by atoms with Crippen molar-refractivity contribution in [3.05, 3.63) is 29.8 Å². The van der Waals surface area contributed by atoms with Crippen LogP contribution in [0.5, 0.6) is 5.75 Å². The van der Waals surface area contributed by atoms with Gasteiger partial charge < -0.3 is 14.3 Å². The van der Waals surface area contributed by atoms with Gasteiger partial charge in [0.05, 0.1) is 13.7 Å². The Morgan fingerprint density at radius 1 is 1.22 bits per heavy atom. The van der Waals surface area contributed by atoms with E-state index in [0.717, 1.165) is 24.0 Å². The van der Waals surface area contributed by atoms with Crippen LogP contribution in [-0.4, -0.2) is 20.0 Å². The zero-order valence-electron chi connectivity index (χ0n) is 11.4. The van der Waals surface area contributed by atoms with Gasteiger partial charge >= 0.3 is 0 Å². The topological polar surface area (TPSA) is 35.5 Å². The van der Waals surface area contributed by atoms with Crippen LogP contribution in [0.2, 0.25) is 0 Å². The third kappa shape index (κ3) is 5.32. The molecule has 0 spiro atoms. The van der Waals surface area contributed by atoms with E-state index in [4.69, 9.17) is 9.47 Å². The van der Waals surface area contributed by atoms with E-state index in [1.54, 1.807) is 7.11 Å². The summed E-state index contributed by atoms with van der Waals surface area (Å²) in [7, 11) is 1.65. The lowest BCUT2D eigenvalue weighted by Crippen LogP contribution is -2.10. The zero-order chi connectivity index (χ0) is 13.4. The van der Waals surface area contributed by atoms with Gasteiger partial charge in [0, 0.05) is 12.5 Å². The molecule has 100 valence electrons. The number of methoxy groups -OCH3 is 1. The second kappa shape index (κ2) is 7.88. The fourth-order valence-corrected chi connectivity index (χ4v) is 1.86. The van der Waals surface area contributed by atoms with Crippen molar-refractivity contribution in [3.63, 3.8) is 0 Å². The van der Waals surface area contributed by atoms with Gasteiger partial charge in [0.2, 0.25) is 0 Å². The lowest BCUT2D eigenvalue weighted by Gasteiger charge is -2.13. The Morgan fingerprint density at radius 2 is 1.89 bits per heavy atom. The van der Waals surface area contributed by atoms with Gasteiger partial charge in [-0.05, 0) is 30.0 Å². The second-order valence-electron chi connectivity index (χ2n) is 4.82. The maximum atomic E-state index is 10.5. The molecular weight excluding hydrogens is 228 g/mol. The first-order chi connectivity index (χ1) is 8.65. The highest BCUT2D eigenvalue weighted by molar-refractivity contribution is 5.52. The van der Waals surface area contributed by atoms with Gasteiger partial charge in [-0.2, -0.15) is 0 Å². The van der Waals surface area contributed by atoms with Gasteiger partial charge in [0.15, 0.2) is 0 Å². The van der Waals surface area contributed by atoms with Crippen molar-refractivity contribution in [1.82, 2.24) is 0 Å². The van der Waals surface area contributed by atoms with Gasteiger partial charge in [-0.25, -0.2) is 0 Å². The molecule has 3 nitrogen and oxygen atoms in total. The molecule has 0 bridgehead atoms. The number of benzene rings is 1. The molecule has 1 aromatic carbocycles. The van der Waals surface area contributed by atoms with E-state index in [1.807, 2.05) is 31.2 Å². The highest BCUT2D eigenvalue weighted by Crippen LogP contribution is 2.14. The number of hydrogen-bond acceptors (Lipinski definition) is 3. The third-order valence-electron chi connectivity index (χ3n) is 2.84. The van der Waals surface area contributed by atoms with E-state index < -0.39 is 0 Å². The molecule has 0 aliphatic heterocycles. The van der Waals surface area contributed by atoms with Crippen molar-refractivity contribution in [2.75, 3.05) is 13.7 Å². The maximum Gasteiger partial charge on any atom is 0.122 e. The van der Waals surface area contributed by atoms with E-state index in [1.165, 1.54) is 0 Å². The minimum Gasteiger partial charge on any atom is -0.497 e. The van der Waals surface area contributed by atoms with Crippen molar-refractivity contribution in [3.8, 4) is 5.75 Å². The van der Waals surface area contributed by atoms with E-state index in [9.17, 15) is 4.79 Å². The van der Waals surface area contributed by atoms with Crippen LogP contribution in [0.15, 0.2) is 24.3 Å². The summed E-state index contributed by atoms with van der Waals surface area (Å²) >= 11 is 0. The molecule has 0 saturated carbocycles. The SMILES string of the molecule is COc1ccc(COC[C@@H](C)C[C@@H](C)C=O)cc1. The summed E-state index contributed by atoms with van der Waals surface area (Å²) in [6.45, 7) is 5.33. The molecule has 3 heteroatoms. The summed E-state index contributed by atoms with van der Waals surface area (Å²) in [5, 5.41) is 0. The molecular formula is C15H22O3. The number of carbonyl (C=O) groups excluding carboxylic acids is 1. The Morgan fingerprint density at radius 3 is 2.44 bits per heavy atom. The van der Waals surface area contributed by atoms with Crippen LogP contribution in [0.4, 0.5) is 0 Å². The lowest BCUT2D eigenvalue weighted by molar-refractivity contribution is -0.111. The van der Waals surface area contributed by atoms with Crippen molar-refractivity contribution < 1.29 is 14.3 Å². The highest BCUT2D eigenvalue weighted by Gasteiger charge is 2.08. The van der Waals surface area contributed by atoms with Crippen molar-refractivity contribution in [1.29, 1.82) is 0 Å². The van der Waals surface area contributed by atoms with E-state index in [0.29, 0.717) is 19.1 Å². The molecule has 0 aromatic heterocycles. The summed E-state index contributed by atoms with van der Waals surface area (Å²) in [5.74, 6) is 1.37. The second-order valence-corrected chi connectivity index (χ2v) is 4.82. The summed E-state index contributed by atoms with van der Waals surface area (Å²) < 4.78 is 10.7. The normalized spacial score (nSPS) is 13.9. The molecule has 0 N–H and O–H groups in total. The molecule has 0 saturated heterocycles. The molecule has 2 atom stereocenters. The fourth-order valence-electron chi connectivity index (χ4n) is 1.86. The fraction of sp³-hybridized carbons (Fsp3) is 0.533. The Hall–Kier alpha value is -1.35. The highest BCUT2D eigenvalue weighted by atomic mass is 16.5. The number of rotatable bonds is 8.